The molecule has 1 aromatic rings. The van der Waals surface area contributed by atoms with Crippen LogP contribution in [0.15, 0.2) is 11.1 Å². The zero-order chi connectivity index (χ0) is 18.7. The summed E-state index contributed by atoms with van der Waals surface area (Å²) in [7, 11) is 3.71. The van der Waals surface area contributed by atoms with Crippen molar-refractivity contribution >= 4 is 23.8 Å². The Kier molecular flexibility index (Phi) is 4.94. The summed E-state index contributed by atoms with van der Waals surface area (Å²) < 4.78 is 5.85. The molecule has 134 valence electrons. The molecule has 1 atom stereocenters. The van der Waals surface area contributed by atoms with Gasteiger partial charge in [0.05, 0.1) is 12.4 Å². The van der Waals surface area contributed by atoms with Crippen molar-refractivity contribution in [3.05, 3.63) is 11.8 Å². The molecule has 1 fully saturated rings. The minimum atomic E-state index is -0.169. The quantitative estimate of drug-likeness (QED) is 0.440. The number of aliphatic imine (C=N–C) groups is 1. The maximum absolute atomic E-state index is 12.0. The van der Waals surface area contributed by atoms with E-state index in [9.17, 15) is 10.1 Å². The van der Waals surface area contributed by atoms with Crippen LogP contribution in [0, 0.1) is 23.2 Å². The van der Waals surface area contributed by atoms with Crippen molar-refractivity contribution in [3.63, 3.8) is 0 Å². The molecule has 8 heteroatoms. The summed E-state index contributed by atoms with van der Waals surface area (Å²) >= 11 is 0. The van der Waals surface area contributed by atoms with E-state index in [1.165, 1.54) is 0 Å². The third-order valence-corrected chi connectivity index (χ3v) is 4.19. The van der Waals surface area contributed by atoms with E-state index in [1.807, 2.05) is 14.1 Å². The fourth-order valence-electron chi connectivity index (χ4n) is 2.98. The van der Waals surface area contributed by atoms with Gasteiger partial charge in [0, 0.05) is 39.8 Å². The number of hydrogen-bond donors (Lipinski definition) is 0. The highest BCUT2D eigenvalue weighted by molar-refractivity contribution is 5.93. The van der Waals surface area contributed by atoms with Crippen molar-refractivity contribution in [2.24, 2.45) is 4.99 Å². The zero-order valence-electron chi connectivity index (χ0n) is 15.1. The molecule has 0 spiro atoms. The summed E-state index contributed by atoms with van der Waals surface area (Å²) in [5.74, 6) is 6.30. The number of hydrogen-bond acceptors (Lipinski definition) is 6. The van der Waals surface area contributed by atoms with Crippen LogP contribution in [0.4, 0.5) is 11.5 Å². The Labute approximate surface area is 152 Å². The average Bonchev–Trinajstić information content (AvgIpc) is 2.65. The molecule has 0 aliphatic carbocycles. The monoisotopic (exact) mass is 352 g/mol. The number of carbonyl (C=O) groups excluding carboxylic acids is 1. The third kappa shape index (κ3) is 3.40. The maximum Gasteiger partial charge on any atom is 0.298 e. The molecule has 0 unspecified atom stereocenters. The molecule has 1 saturated heterocycles. The molecule has 0 saturated carbocycles. The Morgan fingerprint density at radius 2 is 2.31 bits per heavy atom. The van der Waals surface area contributed by atoms with Crippen molar-refractivity contribution < 1.29 is 9.53 Å². The maximum atomic E-state index is 12.0. The predicted molar refractivity (Wildman–Crippen MR) is 97.5 cm³/mol. The molecule has 2 aliphatic rings. The van der Waals surface area contributed by atoms with Gasteiger partial charge in [0.15, 0.2) is 17.3 Å². The molecule has 0 radical (unpaired) electrons. The molecule has 8 nitrogen and oxygen atoms in total. The Bertz CT molecular complexity index is 846. The summed E-state index contributed by atoms with van der Waals surface area (Å²) in [4.78, 5) is 26.4. The lowest BCUT2D eigenvalue weighted by atomic mass is 10.1. The van der Waals surface area contributed by atoms with Gasteiger partial charge in [-0.1, -0.05) is 5.92 Å². The van der Waals surface area contributed by atoms with Gasteiger partial charge in [-0.05, 0) is 12.8 Å². The number of nitrogens with zero attached hydrogens (tertiary/aromatic N) is 6. The van der Waals surface area contributed by atoms with Crippen molar-refractivity contribution in [2.45, 2.75) is 13.0 Å². The Morgan fingerprint density at radius 1 is 1.50 bits per heavy atom. The highest BCUT2D eigenvalue weighted by Gasteiger charge is 2.35. The number of carbonyl (C=O) groups is 1. The molecule has 3 rings (SSSR count). The first-order chi connectivity index (χ1) is 12.5. The number of ether oxygens (including phenoxy) is 1. The van der Waals surface area contributed by atoms with E-state index in [-0.39, 0.29) is 17.6 Å². The molecule has 1 aromatic heterocycles. The topological polar surface area (TPSA) is 85.1 Å². The lowest BCUT2D eigenvalue weighted by molar-refractivity contribution is -0.126. The number of aromatic nitrogens is 1. The van der Waals surface area contributed by atoms with Gasteiger partial charge < -0.3 is 19.4 Å². The fourth-order valence-corrected chi connectivity index (χ4v) is 2.98. The van der Waals surface area contributed by atoms with Gasteiger partial charge in [-0.15, -0.1) is 0 Å². The fraction of sp³-hybridized carbons (Fsp3) is 0.444. The number of pyridine rings is 1. The van der Waals surface area contributed by atoms with E-state index in [2.05, 4.69) is 32.8 Å². The zero-order valence-corrected chi connectivity index (χ0v) is 15.1. The number of anilines is 1. The van der Waals surface area contributed by atoms with Crippen LogP contribution in [0.3, 0.4) is 0 Å². The summed E-state index contributed by atoms with van der Waals surface area (Å²) in [6, 6.07) is 3.84. The average molecular weight is 352 g/mol. The molecule has 0 N–H and O–H groups in total. The van der Waals surface area contributed by atoms with E-state index in [1.54, 1.807) is 29.1 Å². The number of amides is 1. The second-order valence-electron chi connectivity index (χ2n) is 6.28. The Hall–Kier alpha value is -3.26. The predicted octanol–water partition coefficient (Wildman–Crippen LogP) is 0.608. The molecule has 1 amide bonds. The summed E-state index contributed by atoms with van der Waals surface area (Å²) in [6.07, 6.45) is 1.62. The first-order valence-electron chi connectivity index (χ1n) is 8.30. The smallest absolute Gasteiger partial charge is 0.298 e. The first-order valence-corrected chi connectivity index (χ1v) is 8.30. The van der Waals surface area contributed by atoms with Crippen molar-refractivity contribution in [1.82, 2.24) is 14.8 Å². The summed E-state index contributed by atoms with van der Waals surface area (Å²) in [6.45, 7) is 3.81. The summed E-state index contributed by atoms with van der Waals surface area (Å²) in [5.41, 5.74) is 0.729. The van der Waals surface area contributed by atoms with E-state index in [0.29, 0.717) is 43.5 Å². The van der Waals surface area contributed by atoms with E-state index in [4.69, 9.17) is 4.74 Å². The standard InChI is InChI=1S/C18H20N6O2/c1-4-5-17(25)23-6-7-24-13(10-23)11-26-16-8-14(20-12-22(2)3)15(9-19)21-18(16)24/h8,12-13H,6-7,10-11H2,1-3H3/b20-12+/t13-/m0/s1. The highest BCUT2D eigenvalue weighted by Crippen LogP contribution is 2.37. The lowest BCUT2D eigenvalue weighted by Crippen LogP contribution is -2.58. The molecule has 26 heavy (non-hydrogen) atoms. The second-order valence-corrected chi connectivity index (χ2v) is 6.28. The Balaban J connectivity index is 1.87. The van der Waals surface area contributed by atoms with Crippen molar-refractivity contribution in [2.75, 3.05) is 45.2 Å². The molecule has 2 aliphatic heterocycles. The highest BCUT2D eigenvalue weighted by atomic mass is 16.5. The van der Waals surface area contributed by atoms with Crippen LogP contribution in [-0.4, -0.2) is 73.4 Å². The van der Waals surface area contributed by atoms with Gasteiger partial charge in [-0.2, -0.15) is 5.26 Å². The van der Waals surface area contributed by atoms with Crippen LogP contribution < -0.4 is 9.64 Å². The van der Waals surface area contributed by atoms with Crippen molar-refractivity contribution in [1.29, 1.82) is 5.26 Å². The minimum absolute atomic E-state index is 0.00553. The Morgan fingerprint density at radius 3 is 3.00 bits per heavy atom. The van der Waals surface area contributed by atoms with Gasteiger partial charge in [0.2, 0.25) is 0 Å². The summed E-state index contributed by atoms with van der Waals surface area (Å²) in [5, 5.41) is 9.43. The van der Waals surface area contributed by atoms with Gasteiger partial charge in [0.1, 0.15) is 18.4 Å². The molecular weight excluding hydrogens is 332 g/mol. The van der Waals surface area contributed by atoms with Crippen LogP contribution in [0.1, 0.15) is 12.6 Å². The largest absolute Gasteiger partial charge is 0.487 e. The number of piperazine rings is 1. The third-order valence-electron chi connectivity index (χ3n) is 4.19. The van der Waals surface area contributed by atoms with Crippen LogP contribution in [0.5, 0.6) is 5.75 Å². The number of nitriles is 1. The molecule has 3 heterocycles. The van der Waals surface area contributed by atoms with Crippen LogP contribution in [0.25, 0.3) is 0 Å². The van der Waals surface area contributed by atoms with E-state index in [0.717, 1.165) is 0 Å². The van der Waals surface area contributed by atoms with Crippen LogP contribution in [-0.2, 0) is 4.79 Å². The molecule has 0 aromatic carbocycles. The van der Waals surface area contributed by atoms with Gasteiger partial charge in [0.25, 0.3) is 5.91 Å². The SMILES string of the molecule is CC#CC(=O)N1CCN2c3nc(C#N)c(/N=C/N(C)C)cc3OC[C@@H]2C1. The van der Waals surface area contributed by atoms with E-state index >= 15 is 0 Å². The van der Waals surface area contributed by atoms with Crippen LogP contribution in [0.2, 0.25) is 0 Å². The molecule has 0 bridgehead atoms. The number of fused-ring (bicyclic) bond motifs is 3. The second kappa shape index (κ2) is 7.32. The normalized spacial score (nSPS) is 18.2. The molecular formula is C18H20N6O2. The van der Waals surface area contributed by atoms with Gasteiger partial charge in [-0.25, -0.2) is 9.98 Å². The van der Waals surface area contributed by atoms with Crippen molar-refractivity contribution in [3.8, 4) is 23.7 Å². The van der Waals surface area contributed by atoms with Crippen LogP contribution >= 0.6 is 0 Å². The first kappa shape index (κ1) is 17.6. The van der Waals surface area contributed by atoms with E-state index < -0.39 is 0 Å². The lowest BCUT2D eigenvalue weighted by Gasteiger charge is -2.44. The van der Waals surface area contributed by atoms with Gasteiger partial charge in [-0.3, -0.25) is 4.79 Å². The minimum Gasteiger partial charge on any atom is -0.487 e. The number of rotatable bonds is 2. The van der Waals surface area contributed by atoms with Gasteiger partial charge >= 0.3 is 0 Å².